The van der Waals surface area contributed by atoms with E-state index in [0.717, 1.165) is 6.42 Å². The molecule has 0 aromatic carbocycles. The minimum absolute atomic E-state index is 0.0214. The first-order valence-corrected chi connectivity index (χ1v) is 4.51. The van der Waals surface area contributed by atoms with E-state index in [-0.39, 0.29) is 24.6 Å². The molecule has 0 radical (unpaired) electrons. The van der Waals surface area contributed by atoms with Crippen molar-refractivity contribution in [1.29, 1.82) is 0 Å². The van der Waals surface area contributed by atoms with E-state index in [1.807, 2.05) is 13.8 Å². The van der Waals surface area contributed by atoms with Crippen molar-refractivity contribution in [3.63, 3.8) is 0 Å². The number of aliphatic hydroxyl groups excluding tert-OH is 1. The first kappa shape index (κ1) is 12.4. The fourth-order valence-electron chi connectivity index (χ4n) is 0.740. The molecule has 0 heterocycles. The summed E-state index contributed by atoms with van der Waals surface area (Å²) in [4.78, 5) is 12.7. The van der Waals surface area contributed by atoms with E-state index in [0.29, 0.717) is 0 Å². The minimum atomic E-state index is -0.342. The van der Waals surface area contributed by atoms with Gasteiger partial charge in [0, 0.05) is 19.6 Å². The van der Waals surface area contributed by atoms with Crippen molar-refractivity contribution in [3.8, 4) is 0 Å². The van der Waals surface area contributed by atoms with Crippen LogP contribution in [0.1, 0.15) is 20.3 Å². The summed E-state index contributed by atoms with van der Waals surface area (Å²) in [5, 5.41) is 12.1. The second kappa shape index (κ2) is 5.19. The number of likely N-dealkylation sites (N-methyl/N-ethyl adjacent to an activating group) is 1. The van der Waals surface area contributed by atoms with Crippen molar-refractivity contribution >= 4 is 5.91 Å². The standard InChI is InChI=1S/C9H20N2O2/c1-5-9(2,7-12)10-6-8(13)11(3)4/h10,12H,5-7H2,1-4H3. The molecule has 0 aliphatic carbocycles. The smallest absolute Gasteiger partial charge is 0.236 e. The highest BCUT2D eigenvalue weighted by molar-refractivity contribution is 5.77. The van der Waals surface area contributed by atoms with Crippen molar-refractivity contribution in [2.24, 2.45) is 0 Å². The fraction of sp³-hybridized carbons (Fsp3) is 0.889. The molecule has 13 heavy (non-hydrogen) atoms. The monoisotopic (exact) mass is 188 g/mol. The zero-order chi connectivity index (χ0) is 10.5. The first-order chi connectivity index (χ1) is 5.95. The van der Waals surface area contributed by atoms with E-state index in [1.165, 1.54) is 4.90 Å². The molecule has 0 aromatic rings. The van der Waals surface area contributed by atoms with Gasteiger partial charge < -0.3 is 15.3 Å². The van der Waals surface area contributed by atoms with Crippen LogP contribution in [0.25, 0.3) is 0 Å². The van der Waals surface area contributed by atoms with Crippen molar-refractivity contribution in [3.05, 3.63) is 0 Å². The van der Waals surface area contributed by atoms with Gasteiger partial charge in [-0.25, -0.2) is 0 Å². The van der Waals surface area contributed by atoms with E-state index in [4.69, 9.17) is 5.11 Å². The van der Waals surface area contributed by atoms with E-state index in [2.05, 4.69) is 5.32 Å². The molecule has 1 atom stereocenters. The average molecular weight is 188 g/mol. The van der Waals surface area contributed by atoms with Crippen LogP contribution in [0.4, 0.5) is 0 Å². The van der Waals surface area contributed by atoms with E-state index < -0.39 is 0 Å². The maximum absolute atomic E-state index is 11.2. The summed E-state index contributed by atoms with van der Waals surface area (Å²) in [6.45, 7) is 4.20. The van der Waals surface area contributed by atoms with Gasteiger partial charge in [-0.1, -0.05) is 6.92 Å². The molecule has 0 saturated carbocycles. The molecule has 0 aromatic heterocycles. The lowest BCUT2D eigenvalue weighted by Gasteiger charge is -2.27. The Morgan fingerprint density at radius 1 is 1.54 bits per heavy atom. The fourth-order valence-corrected chi connectivity index (χ4v) is 0.740. The van der Waals surface area contributed by atoms with Gasteiger partial charge in [0.15, 0.2) is 0 Å². The third kappa shape index (κ3) is 4.24. The molecule has 78 valence electrons. The lowest BCUT2D eigenvalue weighted by atomic mass is 10.0. The van der Waals surface area contributed by atoms with Crippen molar-refractivity contribution < 1.29 is 9.90 Å². The lowest BCUT2D eigenvalue weighted by molar-refractivity contribution is -0.128. The van der Waals surface area contributed by atoms with Crippen LogP contribution in [-0.2, 0) is 4.79 Å². The Bertz CT molecular complexity index is 165. The third-order valence-corrected chi connectivity index (χ3v) is 2.29. The van der Waals surface area contributed by atoms with Crippen molar-refractivity contribution in [2.75, 3.05) is 27.2 Å². The number of carbonyl (C=O) groups excluding carboxylic acids is 1. The summed E-state index contributed by atoms with van der Waals surface area (Å²) in [6.07, 6.45) is 0.796. The molecule has 0 bridgehead atoms. The summed E-state index contributed by atoms with van der Waals surface area (Å²) < 4.78 is 0. The maximum atomic E-state index is 11.2. The number of carbonyl (C=O) groups is 1. The van der Waals surface area contributed by atoms with Gasteiger partial charge in [-0.2, -0.15) is 0 Å². The number of hydrogen-bond donors (Lipinski definition) is 2. The Balaban J connectivity index is 3.92. The zero-order valence-electron chi connectivity index (χ0n) is 8.92. The SMILES string of the molecule is CCC(C)(CO)NCC(=O)N(C)C. The molecule has 0 aliphatic heterocycles. The maximum Gasteiger partial charge on any atom is 0.236 e. The van der Waals surface area contributed by atoms with Crippen LogP contribution in [0, 0.1) is 0 Å². The second-order valence-corrected chi connectivity index (χ2v) is 3.71. The highest BCUT2D eigenvalue weighted by Gasteiger charge is 2.21. The van der Waals surface area contributed by atoms with Gasteiger partial charge in [-0.05, 0) is 13.3 Å². The first-order valence-electron chi connectivity index (χ1n) is 4.51. The summed E-state index contributed by atoms with van der Waals surface area (Å²) in [7, 11) is 3.43. The third-order valence-electron chi connectivity index (χ3n) is 2.29. The Hall–Kier alpha value is -0.610. The van der Waals surface area contributed by atoms with Crippen molar-refractivity contribution in [2.45, 2.75) is 25.8 Å². The topological polar surface area (TPSA) is 52.6 Å². The Labute approximate surface area is 79.9 Å². The molecule has 2 N–H and O–H groups in total. The Morgan fingerprint density at radius 3 is 2.38 bits per heavy atom. The molecule has 1 amide bonds. The Kier molecular flexibility index (Phi) is 4.95. The molecule has 1 unspecified atom stereocenters. The summed E-state index contributed by atoms with van der Waals surface area (Å²) >= 11 is 0. The van der Waals surface area contributed by atoms with Gasteiger partial charge in [0.25, 0.3) is 0 Å². The quantitative estimate of drug-likeness (QED) is 0.629. The number of aliphatic hydroxyl groups is 1. The largest absolute Gasteiger partial charge is 0.394 e. The molecule has 0 rings (SSSR count). The van der Waals surface area contributed by atoms with Gasteiger partial charge >= 0.3 is 0 Å². The number of rotatable bonds is 5. The zero-order valence-corrected chi connectivity index (χ0v) is 8.92. The molecule has 4 heteroatoms. The van der Waals surface area contributed by atoms with Crippen LogP contribution in [0.5, 0.6) is 0 Å². The van der Waals surface area contributed by atoms with Gasteiger partial charge in [0.2, 0.25) is 5.91 Å². The molecule has 0 spiro atoms. The molecule has 0 aliphatic rings. The second-order valence-electron chi connectivity index (χ2n) is 3.71. The van der Waals surface area contributed by atoms with Crippen LogP contribution < -0.4 is 5.32 Å². The summed E-state index contributed by atoms with van der Waals surface area (Å²) in [5.74, 6) is 0.0214. The average Bonchev–Trinajstić information content (AvgIpc) is 2.13. The molecular formula is C9H20N2O2. The van der Waals surface area contributed by atoms with E-state index in [9.17, 15) is 4.79 Å². The van der Waals surface area contributed by atoms with Crippen LogP contribution in [-0.4, -0.2) is 48.7 Å². The summed E-state index contributed by atoms with van der Waals surface area (Å²) in [5.41, 5.74) is -0.342. The molecular weight excluding hydrogens is 168 g/mol. The number of amides is 1. The van der Waals surface area contributed by atoms with Gasteiger partial charge in [-0.15, -0.1) is 0 Å². The Morgan fingerprint density at radius 2 is 2.08 bits per heavy atom. The van der Waals surface area contributed by atoms with Crippen LogP contribution in [0.15, 0.2) is 0 Å². The normalized spacial score (nSPS) is 15.2. The molecule has 4 nitrogen and oxygen atoms in total. The van der Waals surface area contributed by atoms with Gasteiger partial charge in [0.1, 0.15) is 0 Å². The lowest BCUT2D eigenvalue weighted by Crippen LogP contribution is -2.49. The highest BCUT2D eigenvalue weighted by Crippen LogP contribution is 2.06. The molecule has 0 fully saturated rings. The van der Waals surface area contributed by atoms with E-state index in [1.54, 1.807) is 14.1 Å². The van der Waals surface area contributed by atoms with Crippen LogP contribution in [0.2, 0.25) is 0 Å². The minimum Gasteiger partial charge on any atom is -0.394 e. The number of nitrogens with zero attached hydrogens (tertiary/aromatic N) is 1. The van der Waals surface area contributed by atoms with Crippen molar-refractivity contribution in [1.82, 2.24) is 10.2 Å². The van der Waals surface area contributed by atoms with Gasteiger partial charge in [0.05, 0.1) is 13.2 Å². The molecule has 0 saturated heterocycles. The predicted molar refractivity (Wildman–Crippen MR) is 52.5 cm³/mol. The highest BCUT2D eigenvalue weighted by atomic mass is 16.3. The number of hydrogen-bond acceptors (Lipinski definition) is 3. The summed E-state index contributed by atoms with van der Waals surface area (Å²) in [6, 6.07) is 0. The van der Waals surface area contributed by atoms with Gasteiger partial charge in [-0.3, -0.25) is 4.79 Å². The van der Waals surface area contributed by atoms with Crippen LogP contribution in [0.3, 0.4) is 0 Å². The van der Waals surface area contributed by atoms with Crippen LogP contribution >= 0.6 is 0 Å². The van der Waals surface area contributed by atoms with E-state index >= 15 is 0 Å². The number of nitrogens with one attached hydrogen (secondary N) is 1. The predicted octanol–water partition coefficient (Wildman–Crippen LogP) is -0.175.